The lowest BCUT2D eigenvalue weighted by Gasteiger charge is -1.94. The van der Waals surface area contributed by atoms with E-state index in [-0.39, 0.29) is 0 Å². The molecule has 0 aromatic carbocycles. The molecule has 0 aliphatic carbocycles. The van der Waals surface area contributed by atoms with Gasteiger partial charge < -0.3 is 5.11 Å². The number of nitrogens with zero attached hydrogens (tertiary/aromatic N) is 2. The van der Waals surface area contributed by atoms with Crippen molar-refractivity contribution in [2.75, 3.05) is 0 Å². The van der Waals surface area contributed by atoms with Crippen LogP contribution in [0.15, 0.2) is 30.5 Å². The fraction of sp³-hybridized carbons (Fsp3) is 0. The monoisotopic (exact) mass is 186 g/mol. The molecule has 14 heavy (non-hydrogen) atoms. The van der Waals surface area contributed by atoms with Crippen molar-refractivity contribution in [2.45, 2.75) is 0 Å². The van der Waals surface area contributed by atoms with Crippen molar-refractivity contribution in [1.82, 2.24) is 9.38 Å². The Hall–Kier alpha value is -2.10. The van der Waals surface area contributed by atoms with Crippen LogP contribution in [-0.4, -0.2) is 20.5 Å². The highest BCUT2D eigenvalue weighted by molar-refractivity contribution is 5.99. The topological polar surface area (TPSA) is 54.6 Å². The van der Waals surface area contributed by atoms with E-state index in [2.05, 4.69) is 4.98 Å². The summed E-state index contributed by atoms with van der Waals surface area (Å²) in [5.41, 5.74) is 2.61. The molecule has 0 aliphatic heterocycles. The zero-order chi connectivity index (χ0) is 9.71. The zero-order valence-electron chi connectivity index (χ0n) is 7.14. The summed E-state index contributed by atoms with van der Waals surface area (Å²) in [4.78, 5) is 15.0. The quantitative estimate of drug-likeness (QED) is 0.628. The molecule has 0 atom stereocenters. The fourth-order valence-corrected chi connectivity index (χ4v) is 1.76. The van der Waals surface area contributed by atoms with Crippen LogP contribution in [0.1, 0.15) is 10.4 Å². The van der Waals surface area contributed by atoms with Crippen LogP contribution in [0, 0.1) is 0 Å². The van der Waals surface area contributed by atoms with Crippen molar-refractivity contribution < 1.29 is 9.90 Å². The number of carboxylic acid groups (broad SMARTS) is 1. The second kappa shape index (κ2) is 2.23. The van der Waals surface area contributed by atoms with Crippen molar-refractivity contribution in [3.8, 4) is 0 Å². The van der Waals surface area contributed by atoms with Gasteiger partial charge in [0.15, 0.2) is 0 Å². The Kier molecular flexibility index (Phi) is 1.16. The molecular weight excluding hydrogens is 180 g/mol. The first kappa shape index (κ1) is 7.32. The Morgan fingerprint density at radius 1 is 1.43 bits per heavy atom. The normalized spacial score (nSPS) is 11.4. The summed E-state index contributed by atoms with van der Waals surface area (Å²) in [5.74, 6) is -0.914. The summed E-state index contributed by atoms with van der Waals surface area (Å²) in [6, 6.07) is 7.10. The SMILES string of the molecule is O=C(O)c1cc2ncc3cccc1n32. The molecule has 0 saturated heterocycles. The van der Waals surface area contributed by atoms with Crippen LogP contribution in [-0.2, 0) is 0 Å². The van der Waals surface area contributed by atoms with Crippen LogP contribution < -0.4 is 0 Å². The van der Waals surface area contributed by atoms with Gasteiger partial charge in [0, 0.05) is 0 Å². The molecule has 0 radical (unpaired) electrons. The predicted molar refractivity (Wildman–Crippen MR) is 50.8 cm³/mol. The Labute approximate surface area is 78.8 Å². The number of pyridine rings is 1. The summed E-state index contributed by atoms with van der Waals surface area (Å²) in [6.45, 7) is 0. The maximum atomic E-state index is 10.9. The Bertz CT molecular complexity index is 621. The van der Waals surface area contributed by atoms with E-state index in [9.17, 15) is 4.79 Å². The number of hydrogen-bond acceptors (Lipinski definition) is 2. The Morgan fingerprint density at radius 3 is 3.07 bits per heavy atom. The zero-order valence-corrected chi connectivity index (χ0v) is 7.14. The number of carboxylic acids is 1. The molecule has 4 heteroatoms. The van der Waals surface area contributed by atoms with E-state index in [4.69, 9.17) is 5.11 Å². The van der Waals surface area contributed by atoms with Crippen LogP contribution in [0.25, 0.3) is 16.7 Å². The molecule has 0 saturated carbocycles. The lowest BCUT2D eigenvalue weighted by molar-refractivity contribution is 0.0699. The minimum atomic E-state index is -0.914. The third-order valence-electron chi connectivity index (χ3n) is 2.36. The minimum absolute atomic E-state index is 0.304. The number of aromatic nitrogens is 2. The van der Waals surface area contributed by atoms with E-state index >= 15 is 0 Å². The number of imidazole rings is 1. The summed E-state index contributed by atoms with van der Waals surface area (Å²) in [5, 5.41) is 8.95. The van der Waals surface area contributed by atoms with Crippen LogP contribution >= 0.6 is 0 Å². The lowest BCUT2D eigenvalue weighted by Crippen LogP contribution is -1.94. The van der Waals surface area contributed by atoms with E-state index in [1.54, 1.807) is 18.3 Å². The average Bonchev–Trinajstić information content (AvgIpc) is 2.72. The predicted octanol–water partition coefficient (Wildman–Crippen LogP) is 1.62. The first-order valence-electron chi connectivity index (χ1n) is 4.19. The summed E-state index contributed by atoms with van der Waals surface area (Å²) in [6.07, 6.45) is 1.73. The van der Waals surface area contributed by atoms with Gasteiger partial charge in [-0.25, -0.2) is 9.78 Å². The van der Waals surface area contributed by atoms with Crippen LogP contribution in [0.2, 0.25) is 0 Å². The Morgan fingerprint density at radius 2 is 2.29 bits per heavy atom. The smallest absolute Gasteiger partial charge is 0.337 e. The van der Waals surface area contributed by atoms with Crippen molar-refractivity contribution in [2.24, 2.45) is 0 Å². The summed E-state index contributed by atoms with van der Waals surface area (Å²) < 4.78 is 1.84. The van der Waals surface area contributed by atoms with Gasteiger partial charge >= 0.3 is 5.97 Å². The van der Waals surface area contributed by atoms with Crippen molar-refractivity contribution >= 4 is 22.6 Å². The number of hydrogen-bond donors (Lipinski definition) is 1. The molecule has 0 fully saturated rings. The third kappa shape index (κ3) is 0.724. The van der Waals surface area contributed by atoms with E-state index < -0.39 is 5.97 Å². The van der Waals surface area contributed by atoms with Gasteiger partial charge in [0.1, 0.15) is 5.65 Å². The summed E-state index contributed by atoms with van der Waals surface area (Å²) >= 11 is 0. The van der Waals surface area contributed by atoms with E-state index in [0.717, 1.165) is 5.52 Å². The first-order chi connectivity index (χ1) is 6.77. The van der Waals surface area contributed by atoms with Crippen molar-refractivity contribution in [1.29, 1.82) is 0 Å². The van der Waals surface area contributed by atoms with Crippen LogP contribution in [0.4, 0.5) is 0 Å². The van der Waals surface area contributed by atoms with Gasteiger partial charge in [0.2, 0.25) is 0 Å². The molecule has 0 unspecified atom stereocenters. The molecule has 1 N–H and O–H groups in total. The molecule has 68 valence electrons. The molecule has 3 heterocycles. The third-order valence-corrected chi connectivity index (χ3v) is 2.36. The second-order valence-electron chi connectivity index (χ2n) is 3.15. The highest BCUT2D eigenvalue weighted by atomic mass is 16.4. The van der Waals surface area contributed by atoms with Gasteiger partial charge in [-0.15, -0.1) is 0 Å². The van der Waals surface area contributed by atoms with Crippen LogP contribution in [0.3, 0.4) is 0 Å². The second-order valence-corrected chi connectivity index (χ2v) is 3.15. The molecule has 0 spiro atoms. The number of aromatic carboxylic acids is 1. The van der Waals surface area contributed by atoms with Gasteiger partial charge in [-0.1, -0.05) is 6.07 Å². The molecule has 0 amide bonds. The van der Waals surface area contributed by atoms with Crippen molar-refractivity contribution in [3.63, 3.8) is 0 Å². The van der Waals surface area contributed by atoms with Crippen molar-refractivity contribution in [3.05, 3.63) is 36.0 Å². The number of rotatable bonds is 1. The van der Waals surface area contributed by atoms with Gasteiger partial charge in [0.25, 0.3) is 0 Å². The van der Waals surface area contributed by atoms with Crippen LogP contribution in [0.5, 0.6) is 0 Å². The fourth-order valence-electron chi connectivity index (χ4n) is 1.76. The maximum absolute atomic E-state index is 10.9. The average molecular weight is 186 g/mol. The van der Waals surface area contributed by atoms with E-state index in [1.807, 2.05) is 16.5 Å². The number of carbonyl (C=O) groups is 1. The highest BCUT2D eigenvalue weighted by Gasteiger charge is 2.14. The molecular formula is C10H6N2O2. The molecule has 4 nitrogen and oxygen atoms in total. The molecule has 0 bridgehead atoms. The first-order valence-corrected chi connectivity index (χ1v) is 4.19. The molecule has 3 aromatic heterocycles. The van der Waals surface area contributed by atoms with Gasteiger partial charge in [-0.05, 0) is 18.2 Å². The Balaban J connectivity index is 2.59. The largest absolute Gasteiger partial charge is 0.478 e. The molecule has 3 aromatic rings. The van der Waals surface area contributed by atoms with Gasteiger partial charge in [0.05, 0.1) is 22.8 Å². The molecule has 0 aliphatic rings. The van der Waals surface area contributed by atoms with E-state index in [1.165, 1.54) is 0 Å². The standard InChI is InChI=1S/C10H6N2O2/c13-10(14)7-4-9-11-5-6-2-1-3-8(7)12(6)9/h1-5H,(H,13,14). The lowest BCUT2D eigenvalue weighted by atomic mass is 10.2. The maximum Gasteiger partial charge on any atom is 0.337 e. The summed E-state index contributed by atoms with van der Waals surface area (Å²) in [7, 11) is 0. The minimum Gasteiger partial charge on any atom is -0.478 e. The molecule has 3 rings (SSSR count). The highest BCUT2D eigenvalue weighted by Crippen LogP contribution is 2.21. The van der Waals surface area contributed by atoms with Gasteiger partial charge in [-0.3, -0.25) is 4.40 Å². The van der Waals surface area contributed by atoms with Gasteiger partial charge in [-0.2, -0.15) is 0 Å². The van der Waals surface area contributed by atoms with E-state index in [0.29, 0.717) is 16.7 Å².